The van der Waals surface area contributed by atoms with Crippen LogP contribution < -0.4 is 5.32 Å². The topological polar surface area (TPSA) is 58.5 Å². The lowest BCUT2D eigenvalue weighted by molar-refractivity contribution is 0.0952. The van der Waals surface area contributed by atoms with E-state index in [1.165, 1.54) is 0 Å². The van der Waals surface area contributed by atoms with Crippen molar-refractivity contribution in [3.05, 3.63) is 39.8 Å². The second kappa shape index (κ2) is 5.46. The summed E-state index contributed by atoms with van der Waals surface area (Å²) >= 11 is 5.68. The summed E-state index contributed by atoms with van der Waals surface area (Å²) in [5.41, 5.74) is 0.512. The van der Waals surface area contributed by atoms with Crippen LogP contribution in [0.4, 0.5) is 0 Å². The first-order chi connectivity index (χ1) is 7.13. The summed E-state index contributed by atoms with van der Waals surface area (Å²) in [5, 5.41) is 5.95. The molecule has 0 aliphatic carbocycles. The zero-order valence-electron chi connectivity index (χ0n) is 8.24. The highest BCUT2D eigenvalue weighted by Gasteiger charge is 2.07. The molecule has 1 amide bonds. The third kappa shape index (κ3) is 3.67. The molecule has 5 heteroatoms. The Morgan fingerprint density at radius 2 is 2.07 bits per heavy atom. The molecule has 1 aromatic rings. The van der Waals surface area contributed by atoms with Crippen molar-refractivity contribution in [1.82, 2.24) is 5.32 Å². The maximum absolute atomic E-state index is 11.5. The van der Waals surface area contributed by atoms with E-state index in [-0.39, 0.29) is 12.5 Å². The summed E-state index contributed by atoms with van der Waals surface area (Å²) in [6, 6.07) is 6.10. The third-order valence-electron chi connectivity index (χ3n) is 1.84. The highest BCUT2D eigenvalue weighted by molar-refractivity contribution is 6.30. The van der Waals surface area contributed by atoms with E-state index in [1.54, 1.807) is 31.2 Å². The fourth-order valence-electron chi connectivity index (χ4n) is 0.981. The SMILES string of the molecule is C[C@@H](CNC(=O)c1ccc(Cl)cc1)N=O. The van der Waals surface area contributed by atoms with Crippen LogP contribution >= 0.6 is 11.6 Å². The van der Waals surface area contributed by atoms with E-state index in [1.807, 2.05) is 0 Å². The molecule has 1 aromatic carbocycles. The second-order valence-electron chi connectivity index (χ2n) is 3.17. The number of hydrogen-bond acceptors (Lipinski definition) is 3. The van der Waals surface area contributed by atoms with Crippen LogP contribution in [0.1, 0.15) is 17.3 Å². The highest BCUT2D eigenvalue weighted by Crippen LogP contribution is 2.09. The second-order valence-corrected chi connectivity index (χ2v) is 3.61. The first-order valence-electron chi connectivity index (χ1n) is 4.49. The summed E-state index contributed by atoms with van der Waals surface area (Å²) < 4.78 is 0. The van der Waals surface area contributed by atoms with Gasteiger partial charge in [0.25, 0.3) is 5.91 Å². The number of halogens is 1. The number of rotatable bonds is 4. The number of carbonyl (C=O) groups excluding carboxylic acids is 1. The lowest BCUT2D eigenvalue weighted by Crippen LogP contribution is -2.29. The Morgan fingerprint density at radius 3 is 2.60 bits per heavy atom. The van der Waals surface area contributed by atoms with Crippen LogP contribution in [0.25, 0.3) is 0 Å². The zero-order valence-corrected chi connectivity index (χ0v) is 8.99. The van der Waals surface area contributed by atoms with Crippen molar-refractivity contribution >= 4 is 17.5 Å². The molecule has 80 valence electrons. The van der Waals surface area contributed by atoms with Crippen molar-refractivity contribution in [3.63, 3.8) is 0 Å². The van der Waals surface area contributed by atoms with Crippen molar-refractivity contribution in [3.8, 4) is 0 Å². The van der Waals surface area contributed by atoms with Crippen LogP contribution in [0.3, 0.4) is 0 Å². The predicted molar refractivity (Wildman–Crippen MR) is 59.0 cm³/mol. The van der Waals surface area contributed by atoms with Crippen molar-refractivity contribution in [2.75, 3.05) is 6.54 Å². The maximum atomic E-state index is 11.5. The molecule has 0 aliphatic heterocycles. The highest BCUT2D eigenvalue weighted by atomic mass is 35.5. The van der Waals surface area contributed by atoms with Crippen LogP contribution in [-0.4, -0.2) is 18.5 Å². The summed E-state index contributed by atoms with van der Waals surface area (Å²) in [6.45, 7) is 1.88. The van der Waals surface area contributed by atoms with Crippen molar-refractivity contribution < 1.29 is 4.79 Å². The van der Waals surface area contributed by atoms with Crippen molar-refractivity contribution in [2.24, 2.45) is 5.18 Å². The van der Waals surface area contributed by atoms with Gasteiger partial charge in [0, 0.05) is 17.1 Å². The molecule has 0 fully saturated rings. The Balaban J connectivity index is 2.54. The van der Waals surface area contributed by atoms with Gasteiger partial charge in [-0.2, -0.15) is 4.91 Å². The molecule has 0 aliphatic rings. The molecule has 0 spiro atoms. The van der Waals surface area contributed by atoms with Gasteiger partial charge in [-0.05, 0) is 31.2 Å². The van der Waals surface area contributed by atoms with Crippen LogP contribution in [0.2, 0.25) is 5.02 Å². The molecule has 0 radical (unpaired) electrons. The smallest absolute Gasteiger partial charge is 0.251 e. The first kappa shape index (κ1) is 11.7. The summed E-state index contributed by atoms with van der Waals surface area (Å²) in [4.78, 5) is 21.6. The minimum atomic E-state index is -0.416. The number of amides is 1. The van der Waals surface area contributed by atoms with Gasteiger partial charge in [0.1, 0.15) is 6.04 Å². The number of carbonyl (C=O) groups is 1. The number of nitrogens with zero attached hydrogens (tertiary/aromatic N) is 1. The van der Waals surface area contributed by atoms with Crippen LogP contribution in [0.15, 0.2) is 29.4 Å². The normalized spacial score (nSPS) is 11.9. The molecule has 1 atom stereocenters. The minimum absolute atomic E-state index is 0.234. The number of benzene rings is 1. The molecule has 0 aromatic heterocycles. The van der Waals surface area contributed by atoms with Gasteiger partial charge in [0.15, 0.2) is 0 Å². The van der Waals surface area contributed by atoms with Crippen molar-refractivity contribution in [1.29, 1.82) is 0 Å². The Hall–Kier alpha value is -1.42. The average molecular weight is 227 g/mol. The van der Waals surface area contributed by atoms with E-state index in [4.69, 9.17) is 11.6 Å². The third-order valence-corrected chi connectivity index (χ3v) is 2.10. The number of nitroso groups, excluding NO2 is 1. The van der Waals surface area contributed by atoms with E-state index >= 15 is 0 Å². The van der Waals surface area contributed by atoms with E-state index in [9.17, 15) is 9.70 Å². The predicted octanol–water partition coefficient (Wildman–Crippen LogP) is 2.22. The number of nitrogens with one attached hydrogen (secondary N) is 1. The van der Waals surface area contributed by atoms with Crippen LogP contribution in [0.5, 0.6) is 0 Å². The van der Waals surface area contributed by atoms with Gasteiger partial charge < -0.3 is 5.32 Å². The largest absolute Gasteiger partial charge is 0.350 e. The van der Waals surface area contributed by atoms with Gasteiger partial charge in [-0.15, -0.1) is 0 Å². The van der Waals surface area contributed by atoms with E-state index in [2.05, 4.69) is 10.5 Å². The molecule has 0 bridgehead atoms. The van der Waals surface area contributed by atoms with E-state index in [0.717, 1.165) is 0 Å². The summed E-state index contributed by atoms with van der Waals surface area (Å²) in [6.07, 6.45) is 0. The molecular weight excluding hydrogens is 216 g/mol. The molecule has 15 heavy (non-hydrogen) atoms. The van der Waals surface area contributed by atoms with Crippen LogP contribution in [0, 0.1) is 4.91 Å². The Morgan fingerprint density at radius 1 is 1.47 bits per heavy atom. The quantitative estimate of drug-likeness (QED) is 0.801. The van der Waals surface area contributed by atoms with Gasteiger partial charge in [0.2, 0.25) is 0 Å². The maximum Gasteiger partial charge on any atom is 0.251 e. The Labute approximate surface area is 92.6 Å². The molecule has 0 unspecified atom stereocenters. The average Bonchev–Trinajstić information content (AvgIpc) is 2.26. The van der Waals surface area contributed by atoms with Gasteiger partial charge in [-0.1, -0.05) is 16.8 Å². The van der Waals surface area contributed by atoms with Crippen LogP contribution in [-0.2, 0) is 0 Å². The van der Waals surface area contributed by atoms with Gasteiger partial charge in [-0.3, -0.25) is 4.79 Å². The van der Waals surface area contributed by atoms with Gasteiger partial charge >= 0.3 is 0 Å². The molecule has 4 nitrogen and oxygen atoms in total. The van der Waals surface area contributed by atoms with Gasteiger partial charge in [-0.25, -0.2) is 0 Å². The standard InChI is InChI=1S/C10H11ClN2O2/c1-7(13-15)6-12-10(14)8-2-4-9(11)5-3-8/h2-5,7H,6H2,1H3,(H,12,14)/t7-/m0/s1. The first-order valence-corrected chi connectivity index (χ1v) is 4.87. The lowest BCUT2D eigenvalue weighted by atomic mass is 10.2. The van der Waals surface area contributed by atoms with Gasteiger partial charge in [0.05, 0.1) is 0 Å². The summed E-state index contributed by atoms with van der Waals surface area (Å²) in [5.74, 6) is -0.234. The van der Waals surface area contributed by atoms with E-state index in [0.29, 0.717) is 10.6 Å². The molecule has 0 heterocycles. The molecule has 1 N–H and O–H groups in total. The van der Waals surface area contributed by atoms with E-state index < -0.39 is 6.04 Å². The number of hydrogen-bond donors (Lipinski definition) is 1. The molecule has 0 saturated heterocycles. The molecular formula is C10H11ClN2O2. The Kier molecular flexibility index (Phi) is 4.24. The fourth-order valence-corrected chi connectivity index (χ4v) is 1.11. The lowest BCUT2D eigenvalue weighted by Gasteiger charge is -2.05. The molecule has 0 saturated carbocycles. The fraction of sp³-hybridized carbons (Fsp3) is 0.300. The Bertz CT molecular complexity index is 351. The monoisotopic (exact) mass is 226 g/mol. The summed E-state index contributed by atoms with van der Waals surface area (Å²) in [7, 11) is 0. The minimum Gasteiger partial charge on any atom is -0.350 e. The van der Waals surface area contributed by atoms with Crippen molar-refractivity contribution in [2.45, 2.75) is 13.0 Å². The zero-order chi connectivity index (χ0) is 11.3. The molecule has 1 rings (SSSR count).